The van der Waals surface area contributed by atoms with Gasteiger partial charge in [0.1, 0.15) is 11.4 Å². The molecule has 118 valence electrons. The zero-order valence-corrected chi connectivity index (χ0v) is 12.2. The van der Waals surface area contributed by atoms with Gasteiger partial charge in [0.15, 0.2) is 12.4 Å². The van der Waals surface area contributed by atoms with E-state index in [0.29, 0.717) is 0 Å². The fourth-order valence-corrected chi connectivity index (χ4v) is 1.93. The highest BCUT2D eigenvalue weighted by Crippen LogP contribution is 2.23. The van der Waals surface area contributed by atoms with E-state index >= 15 is 0 Å². The van der Waals surface area contributed by atoms with Crippen LogP contribution in [0.1, 0.15) is 20.7 Å². The fraction of sp³-hybridized carbons (Fsp3) is 0.0667. The van der Waals surface area contributed by atoms with Crippen LogP contribution in [0.3, 0.4) is 0 Å². The molecule has 6 nitrogen and oxygen atoms in total. The van der Waals surface area contributed by atoms with Gasteiger partial charge in [-0.15, -0.1) is 0 Å². The third-order valence-corrected chi connectivity index (χ3v) is 3.11. The van der Waals surface area contributed by atoms with E-state index in [2.05, 4.69) is 0 Å². The first-order valence-electron chi connectivity index (χ1n) is 6.28. The molecule has 0 heterocycles. The molecule has 0 atom stereocenters. The molecule has 0 bridgehead atoms. The molecule has 0 aliphatic rings. The topological polar surface area (TPSA) is 86.5 Å². The third-order valence-electron chi connectivity index (χ3n) is 2.88. The van der Waals surface area contributed by atoms with Gasteiger partial charge in [0, 0.05) is 16.7 Å². The molecule has 0 spiro atoms. The van der Waals surface area contributed by atoms with Crippen molar-refractivity contribution in [2.75, 3.05) is 6.61 Å². The lowest BCUT2D eigenvalue weighted by atomic mass is 10.1. The number of rotatable bonds is 5. The van der Waals surface area contributed by atoms with E-state index in [1.165, 1.54) is 18.2 Å². The number of nitro benzene ring substituents is 1. The number of carbonyl (C=O) groups excluding carboxylic acids is 2. The van der Waals surface area contributed by atoms with Crippen LogP contribution in [0, 0.1) is 15.9 Å². The van der Waals surface area contributed by atoms with E-state index in [9.17, 15) is 24.1 Å². The zero-order chi connectivity index (χ0) is 17.0. The van der Waals surface area contributed by atoms with Gasteiger partial charge in [-0.3, -0.25) is 14.9 Å². The van der Waals surface area contributed by atoms with Gasteiger partial charge < -0.3 is 4.74 Å². The zero-order valence-electron chi connectivity index (χ0n) is 11.5. The molecule has 8 heteroatoms. The summed E-state index contributed by atoms with van der Waals surface area (Å²) < 4.78 is 17.5. The first-order chi connectivity index (χ1) is 10.9. The molecular weight excluding hydrogens is 329 g/mol. The highest BCUT2D eigenvalue weighted by Gasteiger charge is 2.22. The summed E-state index contributed by atoms with van der Waals surface area (Å²) in [4.78, 5) is 33.9. The standard InChI is InChI=1S/C15H9ClFNO5/c16-10-3-6-13(18(21)22)12(7-10)15(20)23-8-14(19)9-1-4-11(17)5-2-9/h1-7H,8H2. The molecule has 0 N–H and O–H groups in total. The maximum atomic E-state index is 12.8. The van der Waals surface area contributed by atoms with Crippen molar-refractivity contribution in [1.82, 2.24) is 0 Å². The summed E-state index contributed by atoms with van der Waals surface area (Å²) in [6.07, 6.45) is 0. The first kappa shape index (κ1) is 16.6. The van der Waals surface area contributed by atoms with Gasteiger partial charge in [-0.25, -0.2) is 9.18 Å². The Morgan fingerprint density at radius 3 is 2.43 bits per heavy atom. The van der Waals surface area contributed by atoms with Crippen LogP contribution in [0.15, 0.2) is 42.5 Å². The molecule has 0 saturated carbocycles. The lowest BCUT2D eigenvalue weighted by molar-refractivity contribution is -0.385. The van der Waals surface area contributed by atoms with Crippen molar-refractivity contribution in [1.29, 1.82) is 0 Å². The summed E-state index contributed by atoms with van der Waals surface area (Å²) in [5.41, 5.74) is -0.678. The molecule has 0 fully saturated rings. The lowest BCUT2D eigenvalue weighted by Gasteiger charge is -2.05. The first-order valence-corrected chi connectivity index (χ1v) is 6.66. The molecule has 0 amide bonds. The Kier molecular flexibility index (Phi) is 5.02. The van der Waals surface area contributed by atoms with Gasteiger partial charge in [0.05, 0.1) is 4.92 Å². The van der Waals surface area contributed by atoms with Gasteiger partial charge in [-0.2, -0.15) is 0 Å². The Morgan fingerprint density at radius 2 is 1.83 bits per heavy atom. The Labute approximate surface area is 134 Å². The van der Waals surface area contributed by atoms with Crippen molar-refractivity contribution >= 4 is 29.0 Å². The van der Waals surface area contributed by atoms with Crippen molar-refractivity contribution < 1.29 is 23.6 Å². The van der Waals surface area contributed by atoms with Crippen molar-refractivity contribution in [3.8, 4) is 0 Å². The quantitative estimate of drug-likeness (QED) is 0.361. The second-order valence-corrected chi connectivity index (χ2v) is 4.86. The van der Waals surface area contributed by atoms with E-state index < -0.39 is 34.8 Å². The summed E-state index contributed by atoms with van der Waals surface area (Å²) in [5, 5.41) is 11.0. The molecular formula is C15H9ClFNO5. The predicted octanol–water partition coefficient (Wildman–Crippen LogP) is 3.43. The minimum Gasteiger partial charge on any atom is -0.454 e. The van der Waals surface area contributed by atoms with Gasteiger partial charge >= 0.3 is 5.97 Å². The average Bonchev–Trinajstić information content (AvgIpc) is 2.52. The minimum atomic E-state index is -1.05. The number of ketones is 1. The number of benzene rings is 2. The SMILES string of the molecule is O=C(COC(=O)c1cc(Cl)ccc1[N+](=O)[O-])c1ccc(F)cc1. The van der Waals surface area contributed by atoms with Crippen molar-refractivity contribution in [2.24, 2.45) is 0 Å². The fourth-order valence-electron chi connectivity index (χ4n) is 1.76. The normalized spacial score (nSPS) is 10.2. The highest BCUT2D eigenvalue weighted by atomic mass is 35.5. The van der Waals surface area contributed by atoms with Crippen LogP contribution in [0.2, 0.25) is 5.02 Å². The summed E-state index contributed by atoms with van der Waals surface area (Å²) in [7, 11) is 0. The second kappa shape index (κ2) is 6.97. The molecule has 2 rings (SSSR count). The van der Waals surface area contributed by atoms with Gasteiger partial charge in [0.25, 0.3) is 5.69 Å². The van der Waals surface area contributed by atoms with Crippen molar-refractivity contribution in [3.63, 3.8) is 0 Å². The van der Waals surface area contributed by atoms with E-state index in [1.54, 1.807) is 0 Å². The molecule has 0 saturated heterocycles. The maximum Gasteiger partial charge on any atom is 0.345 e. The van der Waals surface area contributed by atoms with E-state index in [4.69, 9.17) is 16.3 Å². The molecule has 0 aliphatic carbocycles. The Balaban J connectivity index is 2.11. The van der Waals surface area contributed by atoms with E-state index in [0.717, 1.165) is 24.3 Å². The summed E-state index contributed by atoms with van der Waals surface area (Å²) in [5.74, 6) is -2.12. The predicted molar refractivity (Wildman–Crippen MR) is 79.1 cm³/mol. The number of Topliss-reactive ketones (excluding diaryl/α,β-unsaturated/α-hetero) is 1. The molecule has 0 aliphatic heterocycles. The van der Waals surface area contributed by atoms with Crippen molar-refractivity contribution in [3.05, 3.63) is 74.5 Å². The van der Waals surface area contributed by atoms with Crippen LogP contribution < -0.4 is 0 Å². The van der Waals surface area contributed by atoms with Gasteiger partial charge in [-0.05, 0) is 36.4 Å². The number of carbonyl (C=O) groups is 2. The Morgan fingerprint density at radius 1 is 1.17 bits per heavy atom. The second-order valence-electron chi connectivity index (χ2n) is 4.42. The largest absolute Gasteiger partial charge is 0.454 e. The number of halogens is 2. The van der Waals surface area contributed by atoms with Crippen molar-refractivity contribution in [2.45, 2.75) is 0 Å². The van der Waals surface area contributed by atoms with Crippen LogP contribution in [0.25, 0.3) is 0 Å². The van der Waals surface area contributed by atoms with Crippen LogP contribution in [-0.2, 0) is 4.74 Å². The Hall–Kier alpha value is -2.80. The minimum absolute atomic E-state index is 0.118. The Bertz CT molecular complexity index is 776. The number of ether oxygens (including phenoxy) is 1. The smallest absolute Gasteiger partial charge is 0.345 e. The van der Waals surface area contributed by atoms with Gasteiger partial charge in [-0.1, -0.05) is 11.6 Å². The third kappa shape index (κ3) is 4.10. The lowest BCUT2D eigenvalue weighted by Crippen LogP contribution is -2.15. The molecule has 2 aromatic rings. The van der Waals surface area contributed by atoms with Crippen LogP contribution in [-0.4, -0.2) is 23.3 Å². The average molecular weight is 338 g/mol. The van der Waals surface area contributed by atoms with Gasteiger partial charge in [0.2, 0.25) is 0 Å². The molecule has 23 heavy (non-hydrogen) atoms. The summed E-state index contributed by atoms with van der Waals surface area (Å²) >= 11 is 5.71. The summed E-state index contributed by atoms with van der Waals surface area (Å²) in [6, 6.07) is 8.10. The highest BCUT2D eigenvalue weighted by molar-refractivity contribution is 6.31. The van der Waals surface area contributed by atoms with Crippen LogP contribution >= 0.6 is 11.6 Å². The van der Waals surface area contributed by atoms with Crippen LogP contribution in [0.4, 0.5) is 10.1 Å². The number of nitrogens with zero attached hydrogens (tertiary/aromatic N) is 1. The number of hydrogen-bond acceptors (Lipinski definition) is 5. The number of hydrogen-bond donors (Lipinski definition) is 0. The molecule has 0 radical (unpaired) electrons. The number of nitro groups is 1. The molecule has 2 aromatic carbocycles. The van der Waals surface area contributed by atoms with Crippen LogP contribution in [0.5, 0.6) is 0 Å². The summed E-state index contributed by atoms with van der Waals surface area (Å²) in [6.45, 7) is -0.631. The monoisotopic (exact) mass is 337 g/mol. The molecule has 0 aromatic heterocycles. The van der Waals surface area contributed by atoms with E-state index in [1.807, 2.05) is 0 Å². The molecule has 0 unspecified atom stereocenters. The maximum absolute atomic E-state index is 12.8. The number of esters is 1. The van der Waals surface area contributed by atoms with E-state index in [-0.39, 0.29) is 16.1 Å².